The van der Waals surface area contributed by atoms with Crippen molar-refractivity contribution in [1.82, 2.24) is 10.3 Å². The first kappa shape index (κ1) is 17.5. The zero-order chi connectivity index (χ0) is 18.8. The number of pyridine rings is 1. The summed E-state index contributed by atoms with van der Waals surface area (Å²) in [6.07, 6.45) is 4.97. The van der Waals surface area contributed by atoms with Crippen LogP contribution in [0.3, 0.4) is 0 Å². The molecule has 2 saturated carbocycles. The van der Waals surface area contributed by atoms with Crippen LogP contribution in [-0.2, 0) is 22.7 Å². The molecule has 0 aliphatic heterocycles. The molecule has 140 valence electrons. The number of fused-ring (bicyclic) bond motifs is 1. The molecule has 27 heavy (non-hydrogen) atoms. The number of ether oxygens (including phenoxy) is 2. The van der Waals surface area contributed by atoms with Crippen LogP contribution < -0.4 is 14.8 Å². The molecule has 3 unspecified atom stereocenters. The van der Waals surface area contributed by atoms with E-state index in [0.29, 0.717) is 31.1 Å². The predicted molar refractivity (Wildman–Crippen MR) is 98.1 cm³/mol. The average Bonchev–Trinajstić information content (AvgIpc) is 3.33. The Bertz CT molecular complexity index is 853. The van der Waals surface area contributed by atoms with Crippen LogP contribution in [0, 0.1) is 17.8 Å². The Labute approximate surface area is 157 Å². The maximum atomic E-state index is 12.3. The number of rotatable bonds is 7. The number of hydrogen-bond acceptors (Lipinski definition) is 5. The number of ketones is 1. The van der Waals surface area contributed by atoms with E-state index < -0.39 is 0 Å². The zero-order valence-corrected chi connectivity index (χ0v) is 15.2. The van der Waals surface area contributed by atoms with Crippen LogP contribution in [-0.4, -0.2) is 23.8 Å². The van der Waals surface area contributed by atoms with Crippen molar-refractivity contribution >= 4 is 11.7 Å². The molecule has 1 aromatic heterocycles. The number of benzene rings is 1. The third-order valence-electron chi connectivity index (χ3n) is 5.38. The van der Waals surface area contributed by atoms with Gasteiger partial charge in [0.15, 0.2) is 11.5 Å². The van der Waals surface area contributed by atoms with Crippen molar-refractivity contribution in [2.75, 3.05) is 7.11 Å². The van der Waals surface area contributed by atoms with Gasteiger partial charge in [0, 0.05) is 36.8 Å². The van der Waals surface area contributed by atoms with E-state index in [1.807, 2.05) is 30.3 Å². The number of hydrogen-bond donors (Lipinski definition) is 1. The molecule has 0 radical (unpaired) electrons. The van der Waals surface area contributed by atoms with Gasteiger partial charge in [0.1, 0.15) is 12.4 Å². The van der Waals surface area contributed by atoms with Gasteiger partial charge >= 0.3 is 0 Å². The van der Waals surface area contributed by atoms with Crippen LogP contribution in [0.1, 0.15) is 24.0 Å². The van der Waals surface area contributed by atoms with Gasteiger partial charge in [-0.3, -0.25) is 14.6 Å². The third-order valence-corrected chi connectivity index (χ3v) is 5.38. The summed E-state index contributed by atoms with van der Waals surface area (Å²) in [5.74, 6) is 1.61. The molecule has 1 heterocycles. The molecule has 0 spiro atoms. The van der Waals surface area contributed by atoms with E-state index in [0.717, 1.165) is 17.5 Å². The highest BCUT2D eigenvalue weighted by molar-refractivity contribution is 5.96. The average molecular weight is 366 g/mol. The number of nitrogens with one attached hydrogen (secondary N) is 1. The summed E-state index contributed by atoms with van der Waals surface area (Å²) in [6.45, 7) is 0.807. The van der Waals surface area contributed by atoms with Gasteiger partial charge in [-0.05, 0) is 36.1 Å². The van der Waals surface area contributed by atoms with E-state index in [9.17, 15) is 9.59 Å². The Kier molecular flexibility index (Phi) is 4.79. The molecule has 6 nitrogen and oxygen atoms in total. The number of carbonyl (C=O) groups excluding carboxylic acids is 2. The number of aromatic nitrogens is 1. The van der Waals surface area contributed by atoms with E-state index in [4.69, 9.17) is 9.47 Å². The van der Waals surface area contributed by atoms with Crippen LogP contribution >= 0.6 is 0 Å². The number of amides is 1. The van der Waals surface area contributed by atoms with Crippen LogP contribution in [0.4, 0.5) is 0 Å². The Balaban J connectivity index is 1.34. The minimum absolute atomic E-state index is 0.0195. The minimum Gasteiger partial charge on any atom is -0.493 e. The Morgan fingerprint density at radius 1 is 1.26 bits per heavy atom. The second kappa shape index (κ2) is 7.39. The van der Waals surface area contributed by atoms with E-state index in [1.165, 1.54) is 0 Å². The van der Waals surface area contributed by atoms with Crippen LogP contribution in [0.15, 0.2) is 42.7 Å². The molecule has 1 N–H and O–H groups in total. The van der Waals surface area contributed by atoms with Crippen molar-refractivity contribution in [3.63, 3.8) is 0 Å². The lowest BCUT2D eigenvalue weighted by atomic mass is 10.1. The lowest BCUT2D eigenvalue weighted by molar-refractivity contribution is -0.126. The van der Waals surface area contributed by atoms with Crippen molar-refractivity contribution < 1.29 is 19.1 Å². The predicted octanol–water partition coefficient (Wildman–Crippen LogP) is 2.51. The lowest BCUT2D eigenvalue weighted by Crippen LogP contribution is -2.27. The summed E-state index contributed by atoms with van der Waals surface area (Å²) in [5, 5.41) is 2.94. The topological polar surface area (TPSA) is 77.5 Å². The molecular weight excluding hydrogens is 344 g/mol. The summed E-state index contributed by atoms with van der Waals surface area (Å²) in [4.78, 5) is 28.0. The molecule has 1 aromatic carbocycles. The molecule has 0 saturated heterocycles. The fourth-order valence-corrected chi connectivity index (χ4v) is 3.90. The summed E-state index contributed by atoms with van der Waals surface area (Å²) in [6, 6.07) is 9.41. The van der Waals surface area contributed by atoms with Crippen molar-refractivity contribution in [3.05, 3.63) is 53.9 Å². The van der Waals surface area contributed by atoms with Gasteiger partial charge in [-0.25, -0.2) is 0 Å². The number of Topliss-reactive ketones (excluding diaryl/α,β-unsaturated/α-hetero) is 1. The highest BCUT2D eigenvalue weighted by Crippen LogP contribution is 2.55. The van der Waals surface area contributed by atoms with Gasteiger partial charge < -0.3 is 14.8 Å². The highest BCUT2D eigenvalue weighted by atomic mass is 16.5. The van der Waals surface area contributed by atoms with E-state index in [2.05, 4.69) is 10.3 Å². The number of carbonyl (C=O) groups is 2. The third kappa shape index (κ3) is 3.65. The summed E-state index contributed by atoms with van der Waals surface area (Å²) < 4.78 is 11.2. The molecule has 2 aliphatic rings. The van der Waals surface area contributed by atoms with E-state index in [1.54, 1.807) is 19.5 Å². The molecule has 1 amide bonds. The first-order valence-corrected chi connectivity index (χ1v) is 9.16. The van der Waals surface area contributed by atoms with Gasteiger partial charge in [-0.2, -0.15) is 0 Å². The largest absolute Gasteiger partial charge is 0.493 e. The lowest BCUT2D eigenvalue weighted by Gasteiger charge is -2.13. The first-order valence-electron chi connectivity index (χ1n) is 9.16. The van der Waals surface area contributed by atoms with Gasteiger partial charge in [0.05, 0.1) is 13.0 Å². The molecule has 3 atom stereocenters. The molecule has 2 fully saturated rings. The quantitative estimate of drug-likeness (QED) is 0.815. The smallest absolute Gasteiger partial charge is 0.224 e. The highest BCUT2D eigenvalue weighted by Gasteiger charge is 2.61. The van der Waals surface area contributed by atoms with Crippen molar-refractivity contribution in [2.45, 2.75) is 26.0 Å². The Hall–Kier alpha value is -2.89. The first-order chi connectivity index (χ1) is 13.2. The van der Waals surface area contributed by atoms with Gasteiger partial charge in [-0.15, -0.1) is 0 Å². The number of nitrogens with zero attached hydrogens (tertiary/aromatic N) is 1. The van der Waals surface area contributed by atoms with Crippen LogP contribution in [0.2, 0.25) is 0 Å². The van der Waals surface area contributed by atoms with Crippen molar-refractivity contribution in [3.8, 4) is 11.5 Å². The number of methoxy groups -OCH3 is 1. The Morgan fingerprint density at radius 3 is 2.85 bits per heavy atom. The molecule has 2 aromatic rings. The summed E-state index contributed by atoms with van der Waals surface area (Å²) in [5.41, 5.74) is 1.89. The van der Waals surface area contributed by atoms with Crippen molar-refractivity contribution in [1.29, 1.82) is 0 Å². The minimum atomic E-state index is -0.116. The second-order valence-electron chi connectivity index (χ2n) is 7.07. The maximum absolute atomic E-state index is 12.3. The maximum Gasteiger partial charge on any atom is 0.224 e. The van der Waals surface area contributed by atoms with E-state index in [-0.39, 0.29) is 29.4 Å². The zero-order valence-electron chi connectivity index (χ0n) is 15.2. The summed E-state index contributed by atoms with van der Waals surface area (Å²) in [7, 11) is 1.59. The standard InChI is InChI=1S/C21H22N2O4/c1-26-18-9-13(4-7-17(18)27-12-14-3-2-8-22-10-14)11-23-21(25)20-15-5-6-16(24)19(15)20/h2-4,7-10,15,19-20H,5-6,11-12H2,1H3,(H,23,25). The molecule has 6 heteroatoms. The SMILES string of the molecule is COc1cc(CNC(=O)C2C3CCC(=O)C32)ccc1OCc1cccnc1. The monoisotopic (exact) mass is 366 g/mol. The Morgan fingerprint density at radius 2 is 2.15 bits per heavy atom. The van der Waals surface area contributed by atoms with Gasteiger partial charge in [-0.1, -0.05) is 12.1 Å². The summed E-state index contributed by atoms with van der Waals surface area (Å²) >= 11 is 0. The van der Waals surface area contributed by atoms with Crippen LogP contribution in [0.5, 0.6) is 11.5 Å². The molecule has 2 aliphatic carbocycles. The fourth-order valence-electron chi connectivity index (χ4n) is 3.90. The second-order valence-corrected chi connectivity index (χ2v) is 7.07. The van der Waals surface area contributed by atoms with E-state index >= 15 is 0 Å². The van der Waals surface area contributed by atoms with Crippen molar-refractivity contribution in [2.24, 2.45) is 17.8 Å². The molecular formula is C21H22N2O4. The molecule has 4 rings (SSSR count). The van der Waals surface area contributed by atoms with Crippen LogP contribution in [0.25, 0.3) is 0 Å². The normalized spacial score (nSPS) is 22.9. The fraction of sp³-hybridized carbons (Fsp3) is 0.381. The molecule has 0 bridgehead atoms. The van der Waals surface area contributed by atoms with Gasteiger partial charge in [0.25, 0.3) is 0 Å². The van der Waals surface area contributed by atoms with Gasteiger partial charge in [0.2, 0.25) is 5.91 Å².